The van der Waals surface area contributed by atoms with Crippen LogP contribution in [0.5, 0.6) is 0 Å². The molecule has 4 nitrogen and oxygen atoms in total. The second kappa shape index (κ2) is 6.93. The maximum atomic E-state index is 12.4. The first-order valence-corrected chi connectivity index (χ1v) is 5.62. The van der Waals surface area contributed by atoms with Crippen LogP contribution in [-0.4, -0.2) is 17.6 Å². The van der Waals surface area contributed by atoms with Gasteiger partial charge in [0, 0.05) is 6.20 Å². The molecule has 1 atom stereocenters. The molecule has 19 heavy (non-hydrogen) atoms. The van der Waals surface area contributed by atoms with E-state index in [1.807, 2.05) is 0 Å². The van der Waals surface area contributed by atoms with Gasteiger partial charge in [0.1, 0.15) is 0 Å². The number of alkyl halides is 4. The lowest BCUT2D eigenvalue weighted by molar-refractivity contribution is -0.142. The van der Waals surface area contributed by atoms with Crippen molar-refractivity contribution in [3.05, 3.63) is 28.5 Å². The summed E-state index contributed by atoms with van der Waals surface area (Å²) in [6.45, 7) is 1.67. The van der Waals surface area contributed by atoms with Crippen LogP contribution in [0, 0.1) is 0 Å². The van der Waals surface area contributed by atoms with E-state index in [1.165, 1.54) is 0 Å². The number of carbonyl (C=O) groups is 1. The van der Waals surface area contributed by atoms with Gasteiger partial charge in [0.2, 0.25) is 0 Å². The van der Waals surface area contributed by atoms with Crippen molar-refractivity contribution in [3.8, 4) is 0 Å². The van der Waals surface area contributed by atoms with E-state index in [0.717, 1.165) is 0 Å². The van der Waals surface area contributed by atoms with Crippen LogP contribution in [0.2, 0.25) is 5.02 Å². The third-order valence-electron chi connectivity index (χ3n) is 1.93. The minimum atomic E-state index is -4.55. The molecule has 0 amide bonds. The first kappa shape index (κ1) is 17.9. The molecule has 0 aliphatic heterocycles. The van der Waals surface area contributed by atoms with Gasteiger partial charge in [-0.2, -0.15) is 13.2 Å². The molecular weight excluding hydrogens is 308 g/mol. The Labute approximate surface area is 117 Å². The highest BCUT2D eigenvalue weighted by atomic mass is 35.5. The Bertz CT molecular complexity index is 455. The van der Waals surface area contributed by atoms with Crippen LogP contribution in [0.4, 0.5) is 13.2 Å². The highest BCUT2D eigenvalue weighted by Gasteiger charge is 2.33. The Kier molecular flexibility index (Phi) is 6.54. The van der Waals surface area contributed by atoms with Gasteiger partial charge in [-0.3, -0.25) is 9.78 Å². The average Bonchev–Trinajstić information content (AvgIpc) is 2.27. The molecule has 108 valence electrons. The predicted molar refractivity (Wildman–Crippen MR) is 64.5 cm³/mol. The van der Waals surface area contributed by atoms with Crippen molar-refractivity contribution in [2.45, 2.75) is 18.5 Å². The highest BCUT2D eigenvalue weighted by molar-refractivity contribution is 6.35. The van der Waals surface area contributed by atoms with E-state index in [0.29, 0.717) is 12.3 Å². The number of carbonyl (C=O) groups excluding carboxylic acids is 1. The van der Waals surface area contributed by atoms with E-state index in [4.69, 9.17) is 23.2 Å². The van der Waals surface area contributed by atoms with Crippen LogP contribution in [-0.2, 0) is 15.7 Å². The Morgan fingerprint density at radius 3 is 2.53 bits per heavy atom. The first-order valence-electron chi connectivity index (χ1n) is 4.80. The quantitative estimate of drug-likeness (QED) is 0.680. The normalized spacial score (nSPS) is 12.5. The Morgan fingerprint density at radius 2 is 2.11 bits per heavy atom. The number of esters is 1. The zero-order valence-electron chi connectivity index (χ0n) is 9.80. The molecule has 0 saturated heterocycles. The highest BCUT2D eigenvalue weighted by Crippen LogP contribution is 2.34. The molecule has 0 fully saturated rings. The van der Waals surface area contributed by atoms with Crippen LogP contribution in [0.15, 0.2) is 12.3 Å². The van der Waals surface area contributed by atoms with Crippen molar-refractivity contribution < 1.29 is 22.7 Å². The van der Waals surface area contributed by atoms with Crippen molar-refractivity contribution >= 4 is 29.2 Å². The van der Waals surface area contributed by atoms with Crippen molar-refractivity contribution in [3.63, 3.8) is 0 Å². The smallest absolute Gasteiger partial charge is 0.417 e. The molecule has 9 heteroatoms. The summed E-state index contributed by atoms with van der Waals surface area (Å²) in [5.74, 6) is -0.812. The third-order valence-corrected chi connectivity index (χ3v) is 2.62. The fourth-order valence-electron chi connectivity index (χ4n) is 1.12. The average molecular weight is 319 g/mol. The number of rotatable bonds is 3. The molecule has 1 aromatic rings. The number of hydrogen-bond acceptors (Lipinski definition) is 4. The monoisotopic (exact) mass is 318 g/mol. The number of halogens is 5. The Hall–Kier alpha value is -1.05. The molecule has 0 aliphatic carbocycles. The molecule has 1 aromatic heterocycles. The second-order valence-corrected chi connectivity index (χ2v) is 4.05. The summed E-state index contributed by atoms with van der Waals surface area (Å²) in [6.07, 6.45) is -3.99. The van der Waals surface area contributed by atoms with Gasteiger partial charge in [-0.1, -0.05) is 11.6 Å². The van der Waals surface area contributed by atoms with Gasteiger partial charge >= 0.3 is 12.1 Å². The summed E-state index contributed by atoms with van der Waals surface area (Å²) in [4.78, 5) is 14.8. The zero-order valence-corrected chi connectivity index (χ0v) is 11.3. The summed E-state index contributed by atoms with van der Waals surface area (Å²) in [5, 5.41) is -1.67. The summed E-state index contributed by atoms with van der Waals surface area (Å²) in [6, 6.07) is 0.665. The van der Waals surface area contributed by atoms with E-state index >= 15 is 0 Å². The van der Waals surface area contributed by atoms with E-state index in [1.54, 1.807) is 6.92 Å². The summed E-state index contributed by atoms with van der Waals surface area (Å²) in [5.41, 5.74) is -1.17. The molecule has 1 heterocycles. The number of nitrogens with zero attached hydrogens (tertiary/aromatic N) is 1. The van der Waals surface area contributed by atoms with E-state index in [2.05, 4.69) is 9.72 Å². The predicted octanol–water partition coefficient (Wildman–Crippen LogP) is 3.76. The van der Waals surface area contributed by atoms with Crippen LogP contribution >= 0.6 is 23.2 Å². The molecule has 1 unspecified atom stereocenters. The number of aromatic nitrogens is 1. The fourth-order valence-corrected chi connectivity index (χ4v) is 1.69. The van der Waals surface area contributed by atoms with Crippen molar-refractivity contribution in [1.82, 2.24) is 11.1 Å². The van der Waals surface area contributed by atoms with Crippen molar-refractivity contribution in [2.75, 3.05) is 6.61 Å². The molecule has 0 bridgehead atoms. The number of hydrogen-bond donors (Lipinski definition) is 1. The zero-order chi connectivity index (χ0) is 13.9. The number of pyridine rings is 1. The molecular formula is C10H11Cl2F3N2O2. The van der Waals surface area contributed by atoms with Crippen LogP contribution in [0.25, 0.3) is 0 Å². The maximum Gasteiger partial charge on any atom is 0.417 e. The Morgan fingerprint density at radius 1 is 1.53 bits per heavy atom. The lowest BCUT2D eigenvalue weighted by Crippen LogP contribution is -2.14. The van der Waals surface area contributed by atoms with Crippen LogP contribution < -0.4 is 6.15 Å². The second-order valence-electron chi connectivity index (χ2n) is 3.20. The molecule has 0 aliphatic rings. The van der Waals surface area contributed by atoms with Gasteiger partial charge in [-0.15, -0.1) is 11.6 Å². The van der Waals surface area contributed by atoms with Gasteiger partial charge in [-0.25, -0.2) is 0 Å². The topological polar surface area (TPSA) is 74.2 Å². The molecule has 0 radical (unpaired) electrons. The SMILES string of the molecule is CCOC(=O)C(Cl)c1ncc(C(F)(F)F)cc1Cl.N. The van der Waals surface area contributed by atoms with Gasteiger partial charge < -0.3 is 10.9 Å². The van der Waals surface area contributed by atoms with E-state index in [-0.39, 0.29) is 23.5 Å². The summed E-state index contributed by atoms with van der Waals surface area (Å²) >= 11 is 11.3. The minimum absolute atomic E-state index is 0. The van der Waals surface area contributed by atoms with Gasteiger partial charge in [-0.05, 0) is 13.0 Å². The van der Waals surface area contributed by atoms with Gasteiger partial charge in [0.25, 0.3) is 0 Å². The molecule has 3 N–H and O–H groups in total. The standard InChI is InChI=1S/C10H8Cl2F3NO2.H3N/c1-2-18-9(17)7(12)8-6(11)3-5(4-16-8)10(13,14)15;/h3-4,7H,2H2,1H3;1H3. The van der Waals surface area contributed by atoms with Crippen LogP contribution in [0.1, 0.15) is 23.6 Å². The van der Waals surface area contributed by atoms with Crippen LogP contribution in [0.3, 0.4) is 0 Å². The van der Waals surface area contributed by atoms with E-state index in [9.17, 15) is 18.0 Å². The lowest BCUT2D eigenvalue weighted by Gasteiger charge is -2.12. The first-order chi connectivity index (χ1) is 8.27. The molecule has 1 rings (SSSR count). The molecule has 0 spiro atoms. The van der Waals surface area contributed by atoms with E-state index < -0.39 is 23.1 Å². The minimum Gasteiger partial charge on any atom is -0.465 e. The largest absolute Gasteiger partial charge is 0.465 e. The Balaban J connectivity index is 0.00000324. The third kappa shape index (κ3) is 4.52. The summed E-state index contributed by atoms with van der Waals surface area (Å²) < 4.78 is 41.7. The summed E-state index contributed by atoms with van der Waals surface area (Å²) in [7, 11) is 0. The van der Waals surface area contributed by atoms with Gasteiger partial charge in [0.15, 0.2) is 5.38 Å². The number of ether oxygens (including phenoxy) is 1. The molecule has 0 saturated carbocycles. The van der Waals surface area contributed by atoms with Crippen molar-refractivity contribution in [1.29, 1.82) is 0 Å². The fraction of sp³-hybridized carbons (Fsp3) is 0.400. The molecule has 0 aromatic carbocycles. The maximum absolute atomic E-state index is 12.4. The lowest BCUT2D eigenvalue weighted by atomic mass is 10.2. The van der Waals surface area contributed by atoms with Crippen molar-refractivity contribution in [2.24, 2.45) is 0 Å². The van der Waals surface area contributed by atoms with Gasteiger partial charge in [0.05, 0.1) is 22.9 Å².